The first kappa shape index (κ1) is 13.6. The summed E-state index contributed by atoms with van der Waals surface area (Å²) in [5, 5.41) is 0. The second kappa shape index (κ2) is 5.27. The van der Waals surface area contributed by atoms with E-state index in [1.165, 1.54) is 19.2 Å². The molecule has 17 heavy (non-hydrogen) atoms. The summed E-state index contributed by atoms with van der Waals surface area (Å²) in [6.07, 6.45) is 0.621. The van der Waals surface area contributed by atoms with Crippen LogP contribution in [0.1, 0.15) is 30.6 Å². The molecule has 1 aromatic carbocycles. The highest BCUT2D eigenvalue weighted by atomic mass is 19.1. The van der Waals surface area contributed by atoms with Crippen LogP contribution in [0.3, 0.4) is 0 Å². The van der Waals surface area contributed by atoms with Crippen LogP contribution in [0.5, 0.6) is 5.75 Å². The molecule has 0 aromatic heterocycles. The molecule has 0 radical (unpaired) electrons. The largest absolute Gasteiger partial charge is 0.494 e. The first-order valence-corrected chi connectivity index (χ1v) is 5.57. The van der Waals surface area contributed by atoms with E-state index in [1.54, 1.807) is 13.0 Å². The first-order valence-electron chi connectivity index (χ1n) is 5.57. The van der Waals surface area contributed by atoms with E-state index in [0.29, 0.717) is 12.0 Å². The molecule has 0 bridgehead atoms. The summed E-state index contributed by atoms with van der Waals surface area (Å²) >= 11 is 0. The van der Waals surface area contributed by atoms with Gasteiger partial charge in [0.1, 0.15) is 0 Å². The molecule has 0 fully saturated rings. The molecule has 2 N–H and O–H groups in total. The number of methoxy groups -OCH3 is 1. The Balaban J connectivity index is 3.09. The van der Waals surface area contributed by atoms with Crippen LogP contribution in [0, 0.1) is 11.2 Å². The van der Waals surface area contributed by atoms with Crippen LogP contribution in [-0.4, -0.2) is 19.4 Å². The molecule has 4 heteroatoms. The maximum absolute atomic E-state index is 13.5. The van der Waals surface area contributed by atoms with Gasteiger partial charge in [-0.1, -0.05) is 13.8 Å². The highest BCUT2D eigenvalue weighted by Crippen LogP contribution is 2.27. The third kappa shape index (κ3) is 2.64. The van der Waals surface area contributed by atoms with Gasteiger partial charge in [0, 0.05) is 17.5 Å². The van der Waals surface area contributed by atoms with Gasteiger partial charge < -0.3 is 10.5 Å². The Kier molecular flexibility index (Phi) is 4.23. The van der Waals surface area contributed by atoms with E-state index in [1.807, 2.05) is 6.92 Å². The quantitative estimate of drug-likeness (QED) is 0.803. The van der Waals surface area contributed by atoms with Crippen LogP contribution in [0.25, 0.3) is 0 Å². The monoisotopic (exact) mass is 239 g/mol. The fourth-order valence-corrected chi connectivity index (χ4v) is 1.55. The smallest absolute Gasteiger partial charge is 0.170 e. The molecule has 3 nitrogen and oxygen atoms in total. The van der Waals surface area contributed by atoms with E-state index in [2.05, 4.69) is 0 Å². The summed E-state index contributed by atoms with van der Waals surface area (Å²) in [5.41, 5.74) is 5.30. The van der Waals surface area contributed by atoms with Crippen molar-refractivity contribution in [3.05, 3.63) is 29.6 Å². The lowest BCUT2D eigenvalue weighted by molar-refractivity contribution is 0.0819. The number of benzene rings is 1. The molecule has 1 rings (SSSR count). The van der Waals surface area contributed by atoms with Gasteiger partial charge in [-0.25, -0.2) is 4.39 Å². The minimum absolute atomic E-state index is 0.132. The predicted octanol–water partition coefficient (Wildman–Crippen LogP) is 2.39. The van der Waals surface area contributed by atoms with E-state index < -0.39 is 11.2 Å². The van der Waals surface area contributed by atoms with E-state index in [9.17, 15) is 9.18 Å². The number of Topliss-reactive ketones (excluding diaryl/α,β-unsaturated/α-hetero) is 1. The zero-order chi connectivity index (χ0) is 13.1. The molecule has 0 aliphatic rings. The molecule has 0 amide bonds. The highest BCUT2D eigenvalue weighted by molar-refractivity contribution is 6.00. The van der Waals surface area contributed by atoms with Gasteiger partial charge in [-0.05, 0) is 24.6 Å². The molecule has 1 aromatic rings. The van der Waals surface area contributed by atoms with Gasteiger partial charge in [0.2, 0.25) is 0 Å². The third-order valence-corrected chi connectivity index (χ3v) is 3.19. The number of hydrogen-bond donors (Lipinski definition) is 1. The van der Waals surface area contributed by atoms with Crippen LogP contribution in [0.15, 0.2) is 18.2 Å². The zero-order valence-electron chi connectivity index (χ0n) is 10.4. The number of carbonyl (C=O) groups is 1. The van der Waals surface area contributed by atoms with Crippen molar-refractivity contribution in [2.24, 2.45) is 11.1 Å². The van der Waals surface area contributed by atoms with Crippen molar-refractivity contribution in [2.45, 2.75) is 20.3 Å². The normalized spacial score (nSPS) is 14.2. The summed E-state index contributed by atoms with van der Waals surface area (Å²) in [6, 6.07) is 4.22. The zero-order valence-corrected chi connectivity index (χ0v) is 10.4. The predicted molar refractivity (Wildman–Crippen MR) is 64.7 cm³/mol. The minimum Gasteiger partial charge on any atom is -0.494 e. The molecule has 0 spiro atoms. The van der Waals surface area contributed by atoms with Crippen molar-refractivity contribution in [1.82, 2.24) is 0 Å². The minimum atomic E-state index is -0.638. The number of rotatable bonds is 5. The van der Waals surface area contributed by atoms with Crippen molar-refractivity contribution in [2.75, 3.05) is 13.7 Å². The van der Waals surface area contributed by atoms with Crippen molar-refractivity contribution in [1.29, 1.82) is 0 Å². The standard InChI is InChI=1S/C13H18FNO2/c1-4-13(2,8-15)12(16)9-5-6-11(17-3)10(14)7-9/h5-7H,4,8,15H2,1-3H3. The van der Waals surface area contributed by atoms with E-state index in [4.69, 9.17) is 10.5 Å². The van der Waals surface area contributed by atoms with Gasteiger partial charge >= 0.3 is 0 Å². The summed E-state index contributed by atoms with van der Waals surface area (Å²) < 4.78 is 18.3. The Bertz CT molecular complexity index is 414. The Labute approximate surface area is 101 Å². The molecule has 0 heterocycles. The average Bonchev–Trinajstić information content (AvgIpc) is 2.36. The summed E-state index contributed by atoms with van der Waals surface area (Å²) in [7, 11) is 1.38. The first-order chi connectivity index (χ1) is 7.98. The van der Waals surface area contributed by atoms with Gasteiger partial charge in [-0.3, -0.25) is 4.79 Å². The van der Waals surface area contributed by atoms with Gasteiger partial charge in [-0.15, -0.1) is 0 Å². The fraction of sp³-hybridized carbons (Fsp3) is 0.462. The van der Waals surface area contributed by atoms with E-state index in [-0.39, 0.29) is 18.1 Å². The lowest BCUT2D eigenvalue weighted by Gasteiger charge is -2.24. The van der Waals surface area contributed by atoms with Crippen molar-refractivity contribution in [3.8, 4) is 5.75 Å². The second-order valence-corrected chi connectivity index (χ2v) is 4.30. The number of halogens is 1. The summed E-state index contributed by atoms with van der Waals surface area (Å²) in [5.74, 6) is -0.537. The van der Waals surface area contributed by atoms with Crippen LogP contribution < -0.4 is 10.5 Å². The van der Waals surface area contributed by atoms with Gasteiger partial charge in [0.15, 0.2) is 17.3 Å². The molecule has 1 unspecified atom stereocenters. The molecule has 94 valence electrons. The van der Waals surface area contributed by atoms with Crippen molar-refractivity contribution in [3.63, 3.8) is 0 Å². The van der Waals surface area contributed by atoms with E-state index >= 15 is 0 Å². The summed E-state index contributed by atoms with van der Waals surface area (Å²) in [6.45, 7) is 3.93. The molecule has 0 saturated carbocycles. The van der Waals surface area contributed by atoms with Crippen LogP contribution in [0.4, 0.5) is 4.39 Å². The Morgan fingerprint density at radius 2 is 2.18 bits per heavy atom. The second-order valence-electron chi connectivity index (χ2n) is 4.30. The Morgan fingerprint density at radius 3 is 2.59 bits per heavy atom. The molecule has 1 atom stereocenters. The molecular weight excluding hydrogens is 221 g/mol. The number of ketones is 1. The third-order valence-electron chi connectivity index (χ3n) is 3.19. The number of ether oxygens (including phenoxy) is 1. The maximum Gasteiger partial charge on any atom is 0.170 e. The van der Waals surface area contributed by atoms with Gasteiger partial charge in [-0.2, -0.15) is 0 Å². The van der Waals surface area contributed by atoms with Crippen LogP contribution in [-0.2, 0) is 0 Å². The molecule has 0 aliphatic heterocycles. The topological polar surface area (TPSA) is 52.3 Å². The fourth-order valence-electron chi connectivity index (χ4n) is 1.55. The molecule has 0 saturated heterocycles. The lowest BCUT2D eigenvalue weighted by Crippen LogP contribution is -2.35. The molecular formula is C13H18FNO2. The summed E-state index contributed by atoms with van der Waals surface area (Å²) in [4.78, 5) is 12.2. The number of nitrogens with two attached hydrogens (primary N) is 1. The van der Waals surface area contributed by atoms with Crippen molar-refractivity contribution >= 4 is 5.78 Å². The van der Waals surface area contributed by atoms with Crippen molar-refractivity contribution < 1.29 is 13.9 Å². The van der Waals surface area contributed by atoms with Crippen LogP contribution >= 0.6 is 0 Å². The highest BCUT2D eigenvalue weighted by Gasteiger charge is 2.30. The average molecular weight is 239 g/mol. The van der Waals surface area contributed by atoms with Crippen LogP contribution in [0.2, 0.25) is 0 Å². The Hall–Kier alpha value is -1.42. The Morgan fingerprint density at radius 1 is 1.53 bits per heavy atom. The number of carbonyl (C=O) groups excluding carboxylic acids is 1. The van der Waals surface area contributed by atoms with Gasteiger partial charge in [0.25, 0.3) is 0 Å². The maximum atomic E-state index is 13.5. The van der Waals surface area contributed by atoms with Gasteiger partial charge in [0.05, 0.1) is 7.11 Å². The SMILES string of the molecule is CCC(C)(CN)C(=O)c1ccc(OC)c(F)c1. The van der Waals surface area contributed by atoms with E-state index in [0.717, 1.165) is 0 Å². The number of hydrogen-bond acceptors (Lipinski definition) is 3. The molecule has 0 aliphatic carbocycles. The lowest BCUT2D eigenvalue weighted by atomic mass is 9.80.